The van der Waals surface area contributed by atoms with Gasteiger partial charge in [-0.1, -0.05) is 30.3 Å². The zero-order valence-electron chi connectivity index (χ0n) is 14.9. The first-order chi connectivity index (χ1) is 10.0. The van der Waals surface area contributed by atoms with Gasteiger partial charge >= 0.3 is 0 Å². The first-order valence-electron chi connectivity index (χ1n) is 8.75. The van der Waals surface area contributed by atoms with Crippen molar-refractivity contribution in [1.29, 1.82) is 0 Å². The summed E-state index contributed by atoms with van der Waals surface area (Å²) in [6, 6.07) is 11.0. The third kappa shape index (κ3) is 5.44. The van der Waals surface area contributed by atoms with Crippen molar-refractivity contribution < 1.29 is 8.97 Å². The number of nitrogens with zero attached hydrogens (tertiary/aromatic N) is 2. The van der Waals surface area contributed by atoms with E-state index in [2.05, 4.69) is 65.1 Å². The van der Waals surface area contributed by atoms with Crippen molar-refractivity contribution in [3.05, 3.63) is 35.9 Å². The van der Waals surface area contributed by atoms with Gasteiger partial charge in [-0.15, -0.1) is 0 Å². The molecule has 21 heavy (non-hydrogen) atoms. The number of hydrogen-bond donors (Lipinski definition) is 0. The van der Waals surface area contributed by atoms with Crippen LogP contribution in [0.4, 0.5) is 0 Å². The predicted octanol–water partition coefficient (Wildman–Crippen LogP) is 3.92. The highest BCUT2D eigenvalue weighted by atomic mass is 15.4. The SMILES string of the molecule is CC[N+](C)(CC)CCC[N+](CC)(CC)Cc1ccccc1. The van der Waals surface area contributed by atoms with Crippen molar-refractivity contribution >= 4 is 0 Å². The lowest BCUT2D eigenvalue weighted by atomic mass is 10.1. The molecule has 120 valence electrons. The van der Waals surface area contributed by atoms with E-state index in [1.54, 1.807) is 0 Å². The largest absolute Gasteiger partial charge is 0.326 e. The average molecular weight is 293 g/mol. The van der Waals surface area contributed by atoms with Crippen LogP contribution in [-0.4, -0.2) is 55.3 Å². The van der Waals surface area contributed by atoms with Gasteiger partial charge in [0.25, 0.3) is 0 Å². The minimum absolute atomic E-state index is 1.18. The lowest BCUT2D eigenvalue weighted by Crippen LogP contribution is -2.50. The van der Waals surface area contributed by atoms with Crippen LogP contribution in [0.25, 0.3) is 0 Å². The Balaban J connectivity index is 2.64. The molecule has 0 aliphatic carbocycles. The van der Waals surface area contributed by atoms with Crippen LogP contribution in [0.1, 0.15) is 39.7 Å². The van der Waals surface area contributed by atoms with Gasteiger partial charge in [-0.2, -0.15) is 0 Å². The Hall–Kier alpha value is -0.860. The Morgan fingerprint density at radius 2 is 1.33 bits per heavy atom. The van der Waals surface area contributed by atoms with E-state index in [1.807, 2.05) is 0 Å². The quantitative estimate of drug-likeness (QED) is 0.573. The summed E-state index contributed by atoms with van der Waals surface area (Å²) in [6.45, 7) is 18.1. The average Bonchev–Trinajstić information content (AvgIpc) is 2.54. The maximum Gasteiger partial charge on any atom is 0.104 e. The summed E-state index contributed by atoms with van der Waals surface area (Å²) in [5.41, 5.74) is 1.48. The molecule has 2 heteroatoms. The molecule has 0 radical (unpaired) electrons. The Bertz CT molecular complexity index is 378. The second-order valence-electron chi connectivity index (χ2n) is 6.67. The molecule has 0 atom stereocenters. The number of hydrogen-bond acceptors (Lipinski definition) is 0. The van der Waals surface area contributed by atoms with Crippen LogP contribution in [0.15, 0.2) is 30.3 Å². The fourth-order valence-electron chi connectivity index (χ4n) is 3.14. The highest BCUT2D eigenvalue weighted by Crippen LogP contribution is 2.16. The third-order valence-electron chi connectivity index (χ3n) is 5.56. The van der Waals surface area contributed by atoms with Crippen LogP contribution in [0, 0.1) is 0 Å². The third-order valence-corrected chi connectivity index (χ3v) is 5.56. The van der Waals surface area contributed by atoms with Crippen LogP contribution in [-0.2, 0) is 6.54 Å². The van der Waals surface area contributed by atoms with Gasteiger partial charge in [-0.25, -0.2) is 0 Å². The van der Waals surface area contributed by atoms with Crippen LogP contribution in [0.3, 0.4) is 0 Å². The number of quaternary nitrogens is 2. The molecule has 0 aliphatic rings. The van der Waals surface area contributed by atoms with Crippen LogP contribution in [0.5, 0.6) is 0 Å². The highest BCUT2D eigenvalue weighted by molar-refractivity contribution is 5.13. The molecule has 0 aromatic heterocycles. The molecular weight excluding hydrogens is 256 g/mol. The molecule has 2 nitrogen and oxygen atoms in total. The summed E-state index contributed by atoms with van der Waals surface area (Å²) in [5, 5.41) is 0. The monoisotopic (exact) mass is 292 g/mol. The van der Waals surface area contributed by atoms with E-state index < -0.39 is 0 Å². The standard InChI is InChI=1S/C19H36N2/c1-6-20(5,7-2)16-13-17-21(8-3,9-4)18-19-14-11-10-12-15-19/h10-12,14-15H,6-9,13,16-18H2,1-5H3/q+2. The van der Waals surface area contributed by atoms with E-state index in [4.69, 9.17) is 0 Å². The van der Waals surface area contributed by atoms with Crippen molar-refractivity contribution in [1.82, 2.24) is 0 Å². The first kappa shape index (κ1) is 18.2. The fraction of sp³-hybridized carbons (Fsp3) is 0.684. The molecule has 0 N–H and O–H groups in total. The molecule has 1 rings (SSSR count). The maximum atomic E-state index is 2.39. The summed E-state index contributed by atoms with van der Waals surface area (Å²) in [7, 11) is 2.39. The van der Waals surface area contributed by atoms with Gasteiger partial charge in [0, 0.05) is 12.0 Å². The molecule has 0 amide bonds. The van der Waals surface area contributed by atoms with Gasteiger partial charge in [0.05, 0.1) is 46.3 Å². The molecule has 0 unspecified atom stereocenters. The Morgan fingerprint density at radius 3 is 1.81 bits per heavy atom. The van der Waals surface area contributed by atoms with Crippen LogP contribution < -0.4 is 0 Å². The van der Waals surface area contributed by atoms with Gasteiger partial charge in [-0.3, -0.25) is 0 Å². The van der Waals surface area contributed by atoms with Gasteiger partial charge < -0.3 is 8.97 Å². The van der Waals surface area contributed by atoms with E-state index in [1.165, 1.54) is 66.8 Å². The van der Waals surface area contributed by atoms with E-state index >= 15 is 0 Å². The van der Waals surface area contributed by atoms with Crippen molar-refractivity contribution in [2.75, 3.05) is 46.3 Å². The van der Waals surface area contributed by atoms with Gasteiger partial charge in [0.2, 0.25) is 0 Å². The molecule has 0 bridgehead atoms. The molecule has 1 aromatic carbocycles. The predicted molar refractivity (Wildman–Crippen MR) is 93.1 cm³/mol. The molecule has 0 saturated heterocycles. The summed E-state index contributed by atoms with van der Waals surface area (Å²) < 4.78 is 2.43. The minimum atomic E-state index is 1.18. The van der Waals surface area contributed by atoms with Gasteiger partial charge in [-0.05, 0) is 27.7 Å². The Morgan fingerprint density at radius 1 is 0.762 bits per heavy atom. The van der Waals surface area contributed by atoms with E-state index in [9.17, 15) is 0 Å². The Kier molecular flexibility index (Phi) is 7.41. The van der Waals surface area contributed by atoms with Gasteiger partial charge in [0.15, 0.2) is 0 Å². The molecule has 0 fully saturated rings. The van der Waals surface area contributed by atoms with E-state index in [-0.39, 0.29) is 0 Å². The smallest absolute Gasteiger partial charge is 0.104 e. The second kappa shape index (κ2) is 8.55. The second-order valence-corrected chi connectivity index (χ2v) is 6.67. The summed E-state index contributed by atoms with van der Waals surface area (Å²) in [4.78, 5) is 0. The fourth-order valence-corrected chi connectivity index (χ4v) is 3.14. The summed E-state index contributed by atoms with van der Waals surface area (Å²) in [6.07, 6.45) is 1.33. The van der Waals surface area contributed by atoms with E-state index in [0.29, 0.717) is 0 Å². The van der Waals surface area contributed by atoms with Crippen molar-refractivity contribution in [2.45, 2.75) is 40.7 Å². The van der Waals surface area contributed by atoms with Gasteiger partial charge in [0.1, 0.15) is 6.54 Å². The van der Waals surface area contributed by atoms with Crippen LogP contribution in [0.2, 0.25) is 0 Å². The molecule has 0 spiro atoms. The Labute approximate surface area is 132 Å². The zero-order chi connectivity index (χ0) is 15.8. The van der Waals surface area contributed by atoms with Crippen molar-refractivity contribution in [3.8, 4) is 0 Å². The molecule has 0 saturated carbocycles. The van der Waals surface area contributed by atoms with E-state index in [0.717, 1.165) is 0 Å². The maximum absolute atomic E-state index is 2.39. The van der Waals surface area contributed by atoms with Crippen molar-refractivity contribution in [3.63, 3.8) is 0 Å². The first-order valence-corrected chi connectivity index (χ1v) is 8.75. The van der Waals surface area contributed by atoms with Crippen molar-refractivity contribution in [2.24, 2.45) is 0 Å². The number of rotatable bonds is 10. The summed E-state index contributed by atoms with van der Waals surface area (Å²) in [5.74, 6) is 0. The van der Waals surface area contributed by atoms with Crippen LogP contribution >= 0.6 is 0 Å². The summed E-state index contributed by atoms with van der Waals surface area (Å²) >= 11 is 0. The normalized spacial score (nSPS) is 12.6. The molecule has 0 aliphatic heterocycles. The lowest BCUT2D eigenvalue weighted by Gasteiger charge is -2.39. The lowest BCUT2D eigenvalue weighted by molar-refractivity contribution is -0.946. The topological polar surface area (TPSA) is 0 Å². The molecule has 0 heterocycles. The minimum Gasteiger partial charge on any atom is -0.326 e. The molecule has 1 aromatic rings. The highest BCUT2D eigenvalue weighted by Gasteiger charge is 2.25. The number of benzene rings is 1. The zero-order valence-corrected chi connectivity index (χ0v) is 14.9. The molecular formula is C19H36N2+2.